The molecule has 1 saturated carbocycles. The molecule has 5 atom stereocenters. The van der Waals surface area contributed by atoms with Crippen molar-refractivity contribution in [3.8, 4) is 5.88 Å². The van der Waals surface area contributed by atoms with Gasteiger partial charge in [0.2, 0.25) is 11.8 Å². The Labute approximate surface area is 290 Å². The number of nitrogens with one attached hydrogen (secondary N) is 1. The fourth-order valence-corrected chi connectivity index (χ4v) is 6.72. The van der Waals surface area contributed by atoms with E-state index in [4.69, 9.17) is 14.2 Å². The van der Waals surface area contributed by atoms with E-state index in [9.17, 15) is 19.2 Å². The molecule has 11 nitrogen and oxygen atoms in total. The van der Waals surface area contributed by atoms with Crippen molar-refractivity contribution in [3.05, 3.63) is 54.8 Å². The Balaban J connectivity index is 1.50. The number of nitrogens with zero attached hydrogens (tertiary/aromatic N) is 3. The average molecular weight is 697 g/mol. The molecule has 1 saturated heterocycles. The molecule has 1 aliphatic carbocycles. The molecule has 0 radical (unpaired) electrons. The maximum atomic E-state index is 15.1. The van der Waals surface area contributed by atoms with E-state index in [0.29, 0.717) is 24.4 Å². The molecule has 3 heterocycles. The van der Waals surface area contributed by atoms with Crippen molar-refractivity contribution >= 4 is 34.8 Å². The summed E-state index contributed by atoms with van der Waals surface area (Å²) in [4.78, 5) is 64.6. The number of ketones is 1. The fourth-order valence-electron chi connectivity index (χ4n) is 6.72. The third kappa shape index (κ3) is 8.30. The predicted octanol–water partition coefficient (Wildman–Crippen LogP) is 6.20. The minimum Gasteiger partial charge on any atom is -0.471 e. The van der Waals surface area contributed by atoms with Crippen LogP contribution < -0.4 is 10.1 Å². The number of amides is 2. The van der Waals surface area contributed by atoms with Crippen LogP contribution in [0, 0.1) is 11.3 Å². The molecule has 3 aliphatic rings. The zero-order chi connectivity index (χ0) is 36.3. The van der Waals surface area contributed by atoms with E-state index >= 15 is 8.78 Å². The second-order valence-electron chi connectivity index (χ2n) is 14.3. The highest BCUT2D eigenvalue weighted by Crippen LogP contribution is 2.57. The number of rotatable bonds is 7. The monoisotopic (exact) mass is 696 g/mol. The lowest BCUT2D eigenvalue weighted by molar-refractivity contribution is -0.152. The van der Waals surface area contributed by atoms with Crippen LogP contribution in [0.15, 0.2) is 49.1 Å². The van der Waals surface area contributed by atoms with Gasteiger partial charge < -0.3 is 24.4 Å². The van der Waals surface area contributed by atoms with Gasteiger partial charge >= 0.3 is 18.0 Å². The number of carbonyl (C=O) groups is 4. The van der Waals surface area contributed by atoms with E-state index in [2.05, 4.69) is 21.9 Å². The number of alkyl halides is 2. The van der Waals surface area contributed by atoms with E-state index in [1.165, 1.54) is 4.90 Å². The standard InChI is InChI=1S/C37H46F2N4O7/c1-6-37(38,39)30-31(41-26-17-14-13-16-25(26)40-30)49-24-19-28-29(44)21-36(33(46)48-7-2)20-23(36)15-11-9-8-10-12-18-27(32(45)43(28)22-24)42-34(47)50-35(3,4)5/h6,11,13-17,23-24,27-28H,1,7-10,12,18-22H2,2-5H3,(H,42,47)/b15-11-/t23-,24-,27+,28+,36-/m1/s1. The summed E-state index contributed by atoms with van der Waals surface area (Å²) in [7, 11) is 0. The number of para-hydroxylation sites is 2. The highest BCUT2D eigenvalue weighted by Gasteiger charge is 2.61. The molecule has 1 aromatic heterocycles. The van der Waals surface area contributed by atoms with Crippen molar-refractivity contribution in [2.45, 2.75) is 109 Å². The number of fused-ring (bicyclic) bond motifs is 3. The normalized spacial score (nSPS) is 26.9. The molecule has 1 N–H and O–H groups in total. The number of halogens is 2. The molecule has 2 aromatic rings. The number of ether oxygens (including phenoxy) is 3. The van der Waals surface area contributed by atoms with E-state index in [0.717, 1.165) is 19.3 Å². The molecule has 2 aliphatic heterocycles. The van der Waals surface area contributed by atoms with Crippen LogP contribution in [0.5, 0.6) is 5.88 Å². The molecule has 5 rings (SSSR count). The summed E-state index contributed by atoms with van der Waals surface area (Å²) >= 11 is 0. The number of aromatic nitrogens is 2. The molecule has 270 valence electrons. The fraction of sp³-hybridized carbons (Fsp3) is 0.568. The second-order valence-corrected chi connectivity index (χ2v) is 14.3. The Morgan fingerprint density at radius 2 is 1.84 bits per heavy atom. The summed E-state index contributed by atoms with van der Waals surface area (Å²) in [6, 6.07) is 4.39. The number of hydrogen-bond donors (Lipinski definition) is 1. The van der Waals surface area contributed by atoms with Gasteiger partial charge in [0.1, 0.15) is 17.7 Å². The summed E-state index contributed by atoms with van der Waals surface area (Å²) in [5.41, 5.74) is -2.08. The first-order valence-electron chi connectivity index (χ1n) is 17.3. The molecule has 0 unspecified atom stereocenters. The number of allylic oxidation sites excluding steroid dienone is 3. The Kier molecular flexibility index (Phi) is 10.9. The molecular formula is C37H46F2N4O7. The van der Waals surface area contributed by atoms with Gasteiger partial charge in [0.05, 0.1) is 35.6 Å². The number of carbonyl (C=O) groups excluding carboxylic acids is 4. The van der Waals surface area contributed by atoms with E-state index in [-0.39, 0.29) is 49.6 Å². The number of alkyl carbamates (subject to hydrolysis) is 1. The third-order valence-corrected chi connectivity index (χ3v) is 9.33. The lowest BCUT2D eigenvalue weighted by atomic mass is 9.91. The van der Waals surface area contributed by atoms with Gasteiger partial charge in [-0.15, -0.1) is 0 Å². The first kappa shape index (κ1) is 36.9. The summed E-state index contributed by atoms with van der Waals surface area (Å²) < 4.78 is 47.2. The second kappa shape index (κ2) is 14.8. The van der Waals surface area contributed by atoms with Gasteiger partial charge in [-0.3, -0.25) is 14.4 Å². The van der Waals surface area contributed by atoms with Crippen LogP contribution in [0.3, 0.4) is 0 Å². The summed E-state index contributed by atoms with van der Waals surface area (Å²) in [5, 5.41) is 2.70. The van der Waals surface area contributed by atoms with Gasteiger partial charge in [-0.1, -0.05) is 43.7 Å². The van der Waals surface area contributed by atoms with Crippen molar-refractivity contribution in [2.24, 2.45) is 11.3 Å². The summed E-state index contributed by atoms with van der Waals surface area (Å²) in [5.74, 6) is -5.62. The topological polar surface area (TPSA) is 137 Å². The van der Waals surface area contributed by atoms with Crippen LogP contribution in [0.4, 0.5) is 13.6 Å². The molecule has 0 spiro atoms. The molecule has 2 amide bonds. The zero-order valence-electron chi connectivity index (χ0n) is 29.1. The van der Waals surface area contributed by atoms with Crippen LogP contribution in [0.2, 0.25) is 0 Å². The largest absolute Gasteiger partial charge is 0.471 e. The molecule has 1 aromatic carbocycles. The van der Waals surface area contributed by atoms with Crippen molar-refractivity contribution in [3.63, 3.8) is 0 Å². The van der Waals surface area contributed by atoms with Crippen LogP contribution in [-0.2, 0) is 29.8 Å². The van der Waals surface area contributed by atoms with Gasteiger partial charge in [-0.05, 0) is 77.5 Å². The van der Waals surface area contributed by atoms with E-state index in [1.807, 2.05) is 12.2 Å². The summed E-state index contributed by atoms with van der Waals surface area (Å²) in [6.45, 7) is 10.1. The van der Waals surface area contributed by atoms with Crippen molar-refractivity contribution in [1.82, 2.24) is 20.2 Å². The Bertz CT molecular complexity index is 1660. The molecule has 50 heavy (non-hydrogen) atoms. The van der Waals surface area contributed by atoms with Crippen LogP contribution >= 0.6 is 0 Å². The quantitative estimate of drug-likeness (QED) is 0.265. The Morgan fingerprint density at radius 3 is 2.52 bits per heavy atom. The van der Waals surface area contributed by atoms with Gasteiger partial charge in [-0.25, -0.2) is 14.8 Å². The van der Waals surface area contributed by atoms with Gasteiger partial charge in [0, 0.05) is 12.8 Å². The summed E-state index contributed by atoms with van der Waals surface area (Å²) in [6.07, 6.45) is 6.16. The van der Waals surface area contributed by atoms with Crippen molar-refractivity contribution in [1.29, 1.82) is 0 Å². The van der Waals surface area contributed by atoms with Gasteiger partial charge in [0.25, 0.3) is 0 Å². The highest BCUT2D eigenvalue weighted by molar-refractivity contribution is 5.96. The first-order chi connectivity index (χ1) is 23.7. The van der Waals surface area contributed by atoms with Crippen molar-refractivity contribution < 1.29 is 42.2 Å². The maximum Gasteiger partial charge on any atom is 0.408 e. The number of benzene rings is 1. The number of hydrogen-bond acceptors (Lipinski definition) is 9. The van der Waals surface area contributed by atoms with Crippen molar-refractivity contribution in [2.75, 3.05) is 13.2 Å². The molecule has 2 fully saturated rings. The maximum absolute atomic E-state index is 15.1. The Morgan fingerprint density at radius 1 is 1.12 bits per heavy atom. The molecule has 0 bridgehead atoms. The van der Waals surface area contributed by atoms with Gasteiger partial charge in [-0.2, -0.15) is 8.78 Å². The van der Waals surface area contributed by atoms with Crippen LogP contribution in [0.25, 0.3) is 11.0 Å². The minimum absolute atomic E-state index is 0.0588. The Hall–Kier alpha value is -4.42. The van der Waals surface area contributed by atoms with Crippen LogP contribution in [-0.4, -0.2) is 75.6 Å². The SMILES string of the molecule is C=CC(F)(F)c1nc2ccccc2nc1O[C@@H]1C[C@H]2C(=O)C[C@]3(C(=O)OCC)C[C@H]3/C=C\CCCCC[C@H](NC(=O)OC(C)(C)C)C(=O)N2C1. The first-order valence-corrected chi connectivity index (χ1v) is 17.3. The minimum atomic E-state index is -3.59. The van der Waals surface area contributed by atoms with E-state index in [1.54, 1.807) is 52.0 Å². The van der Waals surface area contributed by atoms with E-state index < -0.39 is 64.7 Å². The molecule has 13 heteroatoms. The third-order valence-electron chi connectivity index (χ3n) is 9.33. The average Bonchev–Trinajstić information content (AvgIpc) is 3.59. The zero-order valence-corrected chi connectivity index (χ0v) is 29.1. The molecular weight excluding hydrogens is 650 g/mol. The lowest BCUT2D eigenvalue weighted by Gasteiger charge is -2.30. The van der Waals surface area contributed by atoms with Gasteiger partial charge in [0.15, 0.2) is 11.5 Å². The highest BCUT2D eigenvalue weighted by atomic mass is 19.3. The number of Topliss-reactive ketones (excluding diaryl/α,β-unsaturated/α-hetero) is 1. The van der Waals surface area contributed by atoms with Crippen LogP contribution in [0.1, 0.15) is 84.8 Å². The number of esters is 1. The predicted molar refractivity (Wildman–Crippen MR) is 180 cm³/mol. The lowest BCUT2D eigenvalue weighted by Crippen LogP contribution is -2.52. The smallest absolute Gasteiger partial charge is 0.408 e.